The van der Waals surface area contributed by atoms with Crippen LogP contribution in [0.3, 0.4) is 0 Å². The molecule has 5 aromatic carbocycles. The minimum Gasteiger partial charge on any atom is -0.329 e. The van der Waals surface area contributed by atoms with Crippen LogP contribution in [0.2, 0.25) is 5.02 Å². The molecule has 0 unspecified atom stereocenters. The van der Waals surface area contributed by atoms with Gasteiger partial charge in [0.25, 0.3) is 0 Å². The minimum absolute atomic E-state index is 0.184. The second-order valence-electron chi connectivity index (χ2n) is 7.67. The van der Waals surface area contributed by atoms with E-state index >= 15 is 0 Å². The Balaban J connectivity index is 1.81. The quantitative estimate of drug-likeness (QED) is 0.300. The third-order valence-electron chi connectivity index (χ3n) is 5.84. The molecule has 0 saturated heterocycles. The zero-order valence-corrected chi connectivity index (χ0v) is 18.7. The highest BCUT2D eigenvalue weighted by Crippen LogP contribution is 2.51. The van der Waals surface area contributed by atoms with E-state index in [2.05, 4.69) is 97.1 Å². The number of halogens is 1. The Bertz CT molecular complexity index is 1260. The molecule has 0 heterocycles. The summed E-state index contributed by atoms with van der Waals surface area (Å²) in [5.41, 5.74) is 7.91. The van der Waals surface area contributed by atoms with E-state index in [0.29, 0.717) is 6.54 Å². The van der Waals surface area contributed by atoms with Crippen molar-refractivity contribution < 1.29 is 0 Å². The molecule has 5 rings (SSSR count). The fourth-order valence-electron chi connectivity index (χ4n) is 4.38. The van der Waals surface area contributed by atoms with Crippen molar-refractivity contribution in [2.45, 2.75) is 5.66 Å². The fourth-order valence-corrected chi connectivity index (χ4v) is 7.54. The van der Waals surface area contributed by atoms with Crippen molar-refractivity contribution in [2.24, 2.45) is 5.73 Å². The van der Waals surface area contributed by atoms with E-state index in [1.807, 2.05) is 12.1 Å². The van der Waals surface area contributed by atoms with Crippen LogP contribution in [-0.4, -0.2) is 6.54 Å². The second-order valence-corrected chi connectivity index (χ2v) is 10.4. The first kappa shape index (κ1) is 20.2. The first-order valence-corrected chi connectivity index (χ1v) is 12.3. The van der Waals surface area contributed by atoms with Crippen LogP contribution in [0.4, 0.5) is 0 Å². The van der Waals surface area contributed by atoms with Gasteiger partial charge in [0.1, 0.15) is 0 Å². The summed E-state index contributed by atoms with van der Waals surface area (Å²) in [6, 6.07) is 38.8. The molecule has 0 aliphatic carbocycles. The van der Waals surface area contributed by atoms with Crippen LogP contribution in [0, 0.1) is 0 Å². The molecule has 31 heavy (non-hydrogen) atoms. The van der Waals surface area contributed by atoms with Crippen molar-refractivity contribution in [2.75, 3.05) is 6.54 Å². The Hall–Kier alpha value is -2.70. The molecule has 0 aliphatic rings. The number of fused-ring (bicyclic) bond motifs is 2. The maximum atomic E-state index is 6.49. The summed E-state index contributed by atoms with van der Waals surface area (Å²) in [5.74, 6) is 0. The van der Waals surface area contributed by atoms with E-state index in [9.17, 15) is 0 Å². The van der Waals surface area contributed by atoms with Crippen molar-refractivity contribution in [3.63, 3.8) is 0 Å². The molecule has 0 aromatic heterocycles. The molecule has 0 fully saturated rings. The second kappa shape index (κ2) is 8.81. The smallest absolute Gasteiger partial charge is 0.0406 e. The average molecular weight is 440 g/mol. The molecule has 0 spiro atoms. The number of hydrogen-bond donors (Lipinski definition) is 1. The number of hydrogen-bond acceptors (Lipinski definition) is 1. The van der Waals surface area contributed by atoms with Gasteiger partial charge in [-0.15, -0.1) is 0 Å². The largest absolute Gasteiger partial charge is 0.329 e. The van der Waals surface area contributed by atoms with Crippen LogP contribution in [0.1, 0.15) is 11.2 Å². The van der Waals surface area contributed by atoms with Crippen molar-refractivity contribution in [1.29, 1.82) is 0 Å². The highest BCUT2D eigenvalue weighted by Gasteiger charge is 2.28. The molecule has 5 aromatic rings. The van der Waals surface area contributed by atoms with Crippen molar-refractivity contribution in [1.82, 2.24) is 0 Å². The van der Waals surface area contributed by atoms with Crippen LogP contribution < -0.4 is 16.3 Å². The van der Waals surface area contributed by atoms with Gasteiger partial charge in [-0.2, -0.15) is 0 Å². The Morgan fingerprint density at radius 2 is 1.10 bits per heavy atom. The lowest BCUT2D eigenvalue weighted by molar-refractivity contribution is 0.934. The van der Waals surface area contributed by atoms with E-state index < -0.39 is 7.92 Å². The van der Waals surface area contributed by atoms with Gasteiger partial charge in [-0.3, -0.25) is 0 Å². The zero-order chi connectivity index (χ0) is 21.2. The van der Waals surface area contributed by atoms with Crippen molar-refractivity contribution >= 4 is 51.7 Å². The van der Waals surface area contributed by atoms with Crippen LogP contribution in [0.15, 0.2) is 109 Å². The van der Waals surface area contributed by atoms with Crippen LogP contribution in [0.25, 0.3) is 21.5 Å². The molecule has 1 atom stereocenters. The SMILES string of the molecule is NC[C@@H](c1ccc(Cl)cc1)P(c1cccc2ccccc12)c1cccc2ccccc12. The predicted octanol–water partition coefficient (Wildman–Crippen LogP) is 6.78. The molecule has 2 N–H and O–H groups in total. The summed E-state index contributed by atoms with van der Waals surface area (Å²) in [4.78, 5) is 0. The summed E-state index contributed by atoms with van der Waals surface area (Å²) in [6.45, 7) is 0.569. The molecule has 1 nitrogen and oxygen atoms in total. The molecule has 0 bridgehead atoms. The van der Waals surface area contributed by atoms with Gasteiger partial charge in [-0.25, -0.2) is 0 Å². The van der Waals surface area contributed by atoms with Gasteiger partial charge in [0, 0.05) is 17.2 Å². The predicted molar refractivity (Wildman–Crippen MR) is 137 cm³/mol. The maximum Gasteiger partial charge on any atom is 0.0406 e. The van der Waals surface area contributed by atoms with Gasteiger partial charge in [-0.1, -0.05) is 109 Å². The van der Waals surface area contributed by atoms with Gasteiger partial charge in [0.05, 0.1) is 0 Å². The minimum atomic E-state index is -0.768. The zero-order valence-electron chi connectivity index (χ0n) is 17.1. The number of rotatable bonds is 5. The van der Waals surface area contributed by atoms with Gasteiger partial charge < -0.3 is 5.73 Å². The first-order chi connectivity index (χ1) is 15.3. The third kappa shape index (κ3) is 3.86. The van der Waals surface area contributed by atoms with Crippen LogP contribution in [0.5, 0.6) is 0 Å². The Morgan fingerprint density at radius 3 is 1.61 bits per heavy atom. The lowest BCUT2D eigenvalue weighted by Crippen LogP contribution is -2.23. The maximum absolute atomic E-state index is 6.49. The lowest BCUT2D eigenvalue weighted by Gasteiger charge is -2.30. The van der Waals surface area contributed by atoms with Gasteiger partial charge in [0.2, 0.25) is 0 Å². The molecular weight excluding hydrogens is 417 g/mol. The monoisotopic (exact) mass is 439 g/mol. The van der Waals surface area contributed by atoms with Crippen molar-refractivity contribution in [3.8, 4) is 0 Å². The fraction of sp³-hybridized carbons (Fsp3) is 0.0714. The third-order valence-corrected chi connectivity index (χ3v) is 9.04. The molecular formula is C28H23ClNP. The Labute approximate surface area is 189 Å². The van der Waals surface area contributed by atoms with E-state index in [1.165, 1.54) is 37.7 Å². The van der Waals surface area contributed by atoms with Gasteiger partial charge in [-0.05, 0) is 57.8 Å². The first-order valence-electron chi connectivity index (χ1n) is 10.5. The normalized spacial score (nSPS) is 12.5. The summed E-state index contributed by atoms with van der Waals surface area (Å²) >= 11 is 6.20. The number of nitrogens with two attached hydrogens (primary N) is 1. The summed E-state index contributed by atoms with van der Waals surface area (Å²) in [7, 11) is -0.768. The van der Waals surface area contributed by atoms with Crippen molar-refractivity contribution in [3.05, 3.63) is 120 Å². The van der Waals surface area contributed by atoms with Gasteiger partial charge >= 0.3 is 0 Å². The summed E-state index contributed by atoms with van der Waals surface area (Å²) in [6.07, 6.45) is 0. The average Bonchev–Trinajstić information content (AvgIpc) is 2.83. The van der Waals surface area contributed by atoms with Crippen LogP contribution in [-0.2, 0) is 0 Å². The van der Waals surface area contributed by atoms with Gasteiger partial charge in [0.15, 0.2) is 0 Å². The molecule has 0 saturated carbocycles. The highest BCUT2D eigenvalue weighted by molar-refractivity contribution is 7.74. The standard InChI is InChI=1S/C28H23ClNP/c29-23-17-15-22(16-18-23)28(19-30)31(26-13-5-9-20-7-1-3-11-24(20)26)27-14-6-10-21-8-2-4-12-25(21)27/h1-18,28H,19,30H2/t28-/m0/s1. The molecule has 152 valence electrons. The lowest BCUT2D eigenvalue weighted by atomic mass is 10.1. The van der Waals surface area contributed by atoms with E-state index in [1.54, 1.807) is 0 Å². The van der Waals surface area contributed by atoms with E-state index in [4.69, 9.17) is 17.3 Å². The van der Waals surface area contributed by atoms with E-state index in [-0.39, 0.29) is 5.66 Å². The highest BCUT2D eigenvalue weighted by atomic mass is 35.5. The summed E-state index contributed by atoms with van der Waals surface area (Å²) in [5, 5.41) is 8.62. The number of benzene rings is 5. The van der Waals surface area contributed by atoms with Crippen LogP contribution >= 0.6 is 19.5 Å². The Kier molecular flexibility index (Phi) is 5.74. The molecule has 3 heteroatoms. The molecule has 0 amide bonds. The summed E-state index contributed by atoms with van der Waals surface area (Å²) < 4.78 is 0. The van der Waals surface area contributed by atoms with E-state index in [0.717, 1.165) is 5.02 Å². The Morgan fingerprint density at radius 1 is 0.613 bits per heavy atom. The molecule has 0 radical (unpaired) electrons. The molecule has 0 aliphatic heterocycles. The topological polar surface area (TPSA) is 26.0 Å².